The van der Waals surface area contributed by atoms with E-state index in [0.29, 0.717) is 10.5 Å². The van der Waals surface area contributed by atoms with Crippen LogP contribution in [0.5, 0.6) is 0 Å². The lowest BCUT2D eigenvalue weighted by molar-refractivity contribution is -0.114. The van der Waals surface area contributed by atoms with Gasteiger partial charge in [0.25, 0.3) is 0 Å². The first-order valence-electron chi connectivity index (χ1n) is 7.60. The van der Waals surface area contributed by atoms with Crippen molar-refractivity contribution < 1.29 is 4.79 Å². The Balaban J connectivity index is 1.94. The molecule has 1 atom stereocenters. The summed E-state index contributed by atoms with van der Waals surface area (Å²) in [5, 5.41) is 0.767. The molecule has 1 fully saturated rings. The summed E-state index contributed by atoms with van der Waals surface area (Å²) < 4.78 is 0. The minimum atomic E-state index is -0.337. The number of benzene rings is 1. The molecule has 0 spiro atoms. The molecule has 0 aliphatic carbocycles. The third kappa shape index (κ3) is 3.83. The Kier molecular flexibility index (Phi) is 5.95. The van der Waals surface area contributed by atoms with Gasteiger partial charge >= 0.3 is 0 Å². The standard InChI is InChI=1S/C16H15Cl5N2OS/c1-16(22)2-4-23(5-3-16)7-6-8(25-15(7)24)9-10(17)12(19)14(21)13(20)11(9)18/h6-7H,2-5,22H2,1H3. The van der Waals surface area contributed by atoms with Gasteiger partial charge in [-0.2, -0.15) is 0 Å². The van der Waals surface area contributed by atoms with Crippen LogP contribution < -0.4 is 5.73 Å². The number of rotatable bonds is 2. The molecule has 0 aromatic heterocycles. The van der Waals surface area contributed by atoms with E-state index in [0.717, 1.165) is 37.7 Å². The van der Waals surface area contributed by atoms with Crippen LogP contribution in [0.2, 0.25) is 25.1 Å². The molecule has 2 aliphatic rings. The highest BCUT2D eigenvalue weighted by Crippen LogP contribution is 2.50. The van der Waals surface area contributed by atoms with Gasteiger partial charge in [-0.3, -0.25) is 9.69 Å². The molecule has 25 heavy (non-hydrogen) atoms. The highest BCUT2D eigenvalue weighted by molar-refractivity contribution is 8.22. The van der Waals surface area contributed by atoms with Gasteiger partial charge in [-0.05, 0) is 37.6 Å². The van der Waals surface area contributed by atoms with Gasteiger partial charge in [-0.15, -0.1) is 0 Å². The number of piperidine rings is 1. The second-order valence-corrected chi connectivity index (χ2v) is 9.47. The summed E-state index contributed by atoms with van der Waals surface area (Å²) in [7, 11) is 0. The maximum Gasteiger partial charge on any atom is 0.214 e. The van der Waals surface area contributed by atoms with Crippen molar-refractivity contribution in [1.29, 1.82) is 0 Å². The number of hydrogen-bond acceptors (Lipinski definition) is 4. The molecule has 3 rings (SSSR count). The first-order valence-corrected chi connectivity index (χ1v) is 10.3. The third-order valence-electron chi connectivity index (χ3n) is 4.55. The Morgan fingerprint density at radius 2 is 1.52 bits per heavy atom. The number of likely N-dealkylation sites (tertiary alicyclic amines) is 1. The van der Waals surface area contributed by atoms with Crippen molar-refractivity contribution in [2.75, 3.05) is 13.1 Å². The quantitative estimate of drug-likeness (QED) is 0.451. The van der Waals surface area contributed by atoms with E-state index in [1.165, 1.54) is 0 Å². The molecule has 0 amide bonds. The van der Waals surface area contributed by atoms with Crippen LogP contribution in [0.25, 0.3) is 4.91 Å². The van der Waals surface area contributed by atoms with Crippen molar-refractivity contribution in [1.82, 2.24) is 4.90 Å². The van der Waals surface area contributed by atoms with Gasteiger partial charge in [-0.25, -0.2) is 0 Å². The maximum absolute atomic E-state index is 12.5. The lowest BCUT2D eigenvalue weighted by Crippen LogP contribution is -2.51. The van der Waals surface area contributed by atoms with Crippen molar-refractivity contribution in [3.63, 3.8) is 0 Å². The van der Waals surface area contributed by atoms with Gasteiger partial charge in [0, 0.05) is 29.1 Å². The zero-order valence-electron chi connectivity index (χ0n) is 13.2. The van der Waals surface area contributed by atoms with Gasteiger partial charge in [0.15, 0.2) is 0 Å². The molecule has 2 N–H and O–H groups in total. The fourth-order valence-corrected chi connectivity index (χ4v) is 5.45. The number of hydrogen-bond donors (Lipinski definition) is 1. The van der Waals surface area contributed by atoms with Crippen LogP contribution in [-0.4, -0.2) is 34.7 Å². The largest absolute Gasteiger partial charge is 0.325 e. The fourth-order valence-electron chi connectivity index (χ4n) is 2.94. The summed E-state index contributed by atoms with van der Waals surface area (Å²) in [6.07, 6.45) is 3.54. The van der Waals surface area contributed by atoms with Gasteiger partial charge in [0.05, 0.1) is 31.2 Å². The predicted octanol–water partition coefficient (Wildman–Crippen LogP) is 5.75. The zero-order chi connectivity index (χ0) is 18.5. The van der Waals surface area contributed by atoms with Crippen LogP contribution in [0, 0.1) is 0 Å². The van der Waals surface area contributed by atoms with E-state index >= 15 is 0 Å². The van der Waals surface area contributed by atoms with Crippen molar-refractivity contribution in [2.24, 2.45) is 5.73 Å². The van der Waals surface area contributed by atoms with E-state index in [4.69, 9.17) is 63.7 Å². The molecular formula is C16H15Cl5N2OS. The minimum absolute atomic E-state index is 0.0185. The van der Waals surface area contributed by atoms with Crippen molar-refractivity contribution >= 4 is 79.8 Å². The first kappa shape index (κ1) is 20.1. The monoisotopic (exact) mass is 458 g/mol. The number of nitrogens with two attached hydrogens (primary N) is 1. The van der Waals surface area contributed by atoms with Crippen LogP contribution in [0.15, 0.2) is 6.08 Å². The van der Waals surface area contributed by atoms with Crippen molar-refractivity contribution in [3.05, 3.63) is 36.8 Å². The Bertz CT molecular complexity index is 741. The van der Waals surface area contributed by atoms with Crippen LogP contribution in [0.4, 0.5) is 0 Å². The SMILES string of the molecule is CC1(N)CCN(C2C=C(c3c(Cl)c(Cl)c(Cl)c(Cl)c3Cl)SC2=O)CC1. The van der Waals surface area contributed by atoms with E-state index < -0.39 is 0 Å². The van der Waals surface area contributed by atoms with E-state index in [2.05, 4.69) is 4.90 Å². The van der Waals surface area contributed by atoms with Crippen molar-refractivity contribution in [3.8, 4) is 0 Å². The highest BCUT2D eigenvalue weighted by atomic mass is 35.5. The normalized spacial score (nSPS) is 23.9. The number of thioether (sulfide) groups is 1. The number of halogens is 5. The molecule has 2 aliphatic heterocycles. The molecule has 1 saturated heterocycles. The highest BCUT2D eigenvalue weighted by Gasteiger charge is 2.37. The zero-order valence-corrected chi connectivity index (χ0v) is 17.8. The lowest BCUT2D eigenvalue weighted by atomic mass is 9.90. The minimum Gasteiger partial charge on any atom is -0.325 e. The second kappa shape index (κ2) is 7.40. The van der Waals surface area contributed by atoms with Crippen LogP contribution >= 0.6 is 69.8 Å². The molecule has 0 bridgehead atoms. The predicted molar refractivity (Wildman–Crippen MR) is 109 cm³/mol. The van der Waals surface area contributed by atoms with Crippen molar-refractivity contribution in [2.45, 2.75) is 31.3 Å². The molecule has 1 aromatic rings. The molecule has 1 unspecified atom stereocenters. The van der Waals surface area contributed by atoms with Crippen LogP contribution in [0.1, 0.15) is 25.3 Å². The Hall–Kier alpha value is 0.350. The second-order valence-electron chi connectivity index (χ2n) is 6.53. The summed E-state index contributed by atoms with van der Waals surface area (Å²) in [4.78, 5) is 15.3. The van der Waals surface area contributed by atoms with Crippen LogP contribution in [0.3, 0.4) is 0 Å². The summed E-state index contributed by atoms with van der Waals surface area (Å²) in [5.74, 6) is 0. The molecule has 136 valence electrons. The van der Waals surface area contributed by atoms with E-state index in [-0.39, 0.29) is 41.8 Å². The van der Waals surface area contributed by atoms with E-state index in [1.807, 2.05) is 13.0 Å². The molecular weight excluding hydrogens is 446 g/mol. The van der Waals surface area contributed by atoms with E-state index in [1.54, 1.807) is 0 Å². The molecule has 0 radical (unpaired) electrons. The first-order chi connectivity index (χ1) is 11.6. The van der Waals surface area contributed by atoms with Gasteiger partial charge in [-0.1, -0.05) is 58.0 Å². The summed E-state index contributed by atoms with van der Waals surface area (Å²) in [6.45, 7) is 3.56. The molecule has 1 aromatic carbocycles. The Morgan fingerprint density at radius 1 is 1.04 bits per heavy atom. The summed E-state index contributed by atoms with van der Waals surface area (Å²) >= 11 is 32.0. The lowest BCUT2D eigenvalue weighted by Gasteiger charge is -2.38. The summed E-state index contributed by atoms with van der Waals surface area (Å²) in [5.41, 5.74) is 6.44. The summed E-state index contributed by atoms with van der Waals surface area (Å²) in [6, 6.07) is -0.337. The molecule has 9 heteroatoms. The van der Waals surface area contributed by atoms with Crippen LogP contribution in [-0.2, 0) is 4.79 Å². The topological polar surface area (TPSA) is 46.3 Å². The number of nitrogens with zero attached hydrogens (tertiary/aromatic N) is 1. The molecule has 2 heterocycles. The Morgan fingerprint density at radius 3 is 2.04 bits per heavy atom. The number of carbonyl (C=O) groups is 1. The third-order valence-corrected chi connectivity index (χ3v) is 7.83. The van der Waals surface area contributed by atoms with Gasteiger partial charge in [0.1, 0.15) is 0 Å². The Labute approximate surface area is 175 Å². The fraction of sp³-hybridized carbons (Fsp3) is 0.438. The van der Waals surface area contributed by atoms with Gasteiger partial charge < -0.3 is 5.73 Å². The average Bonchev–Trinajstić information content (AvgIpc) is 2.93. The number of carbonyl (C=O) groups excluding carboxylic acids is 1. The van der Waals surface area contributed by atoms with Gasteiger partial charge in [0.2, 0.25) is 5.12 Å². The van der Waals surface area contributed by atoms with E-state index in [9.17, 15) is 4.79 Å². The smallest absolute Gasteiger partial charge is 0.214 e. The average molecular weight is 461 g/mol. The molecule has 0 saturated carbocycles. The molecule has 3 nitrogen and oxygen atoms in total. The maximum atomic E-state index is 12.5.